The third-order valence-electron chi connectivity index (χ3n) is 1.30. The van der Waals surface area contributed by atoms with Gasteiger partial charge in [0.1, 0.15) is 5.82 Å². The summed E-state index contributed by atoms with van der Waals surface area (Å²) in [6.45, 7) is 0.608. The highest BCUT2D eigenvalue weighted by Crippen LogP contribution is 1.92. The Morgan fingerprint density at radius 2 is 2.09 bits per heavy atom. The molecule has 0 bridgehead atoms. The van der Waals surface area contributed by atoms with Crippen molar-refractivity contribution in [3.8, 4) is 0 Å². The monoisotopic (exact) mass is 153 g/mol. The van der Waals surface area contributed by atoms with E-state index < -0.39 is 0 Å². The van der Waals surface area contributed by atoms with Gasteiger partial charge in [0.15, 0.2) is 0 Å². The zero-order chi connectivity index (χ0) is 8.10. The Morgan fingerprint density at radius 3 is 2.64 bits per heavy atom. The number of aromatic nitrogens is 2. The molecule has 4 nitrogen and oxygen atoms in total. The maximum atomic E-state index is 4.91. The van der Waals surface area contributed by atoms with E-state index >= 15 is 0 Å². The minimum atomic E-state index is 0.608. The standard InChI is InChI=1S/C7H11N3O/c1-10(11-2)6-7-8-4-3-5-9-7/h3-5H,6H2,1-2H3. The van der Waals surface area contributed by atoms with E-state index in [0.29, 0.717) is 6.54 Å². The molecular weight excluding hydrogens is 142 g/mol. The van der Waals surface area contributed by atoms with Crippen molar-refractivity contribution in [3.63, 3.8) is 0 Å². The lowest BCUT2D eigenvalue weighted by Gasteiger charge is -2.10. The number of hydroxylamine groups is 2. The molecule has 0 aliphatic carbocycles. The second-order valence-corrected chi connectivity index (χ2v) is 2.13. The topological polar surface area (TPSA) is 38.2 Å². The Kier molecular flexibility index (Phi) is 2.95. The third-order valence-corrected chi connectivity index (χ3v) is 1.30. The smallest absolute Gasteiger partial charge is 0.144 e. The molecule has 1 aromatic rings. The van der Waals surface area contributed by atoms with Gasteiger partial charge in [-0.25, -0.2) is 9.97 Å². The van der Waals surface area contributed by atoms with Gasteiger partial charge in [-0.1, -0.05) is 0 Å². The average molecular weight is 153 g/mol. The van der Waals surface area contributed by atoms with Gasteiger partial charge < -0.3 is 4.84 Å². The number of rotatable bonds is 3. The van der Waals surface area contributed by atoms with Crippen molar-refractivity contribution in [2.24, 2.45) is 0 Å². The van der Waals surface area contributed by atoms with Gasteiger partial charge in [-0.15, -0.1) is 0 Å². The average Bonchev–Trinajstić information content (AvgIpc) is 2.06. The summed E-state index contributed by atoms with van der Waals surface area (Å²) in [5.74, 6) is 0.761. The molecule has 11 heavy (non-hydrogen) atoms. The lowest BCUT2D eigenvalue weighted by molar-refractivity contribution is -0.118. The number of nitrogens with zero attached hydrogens (tertiary/aromatic N) is 3. The molecule has 0 fully saturated rings. The predicted molar refractivity (Wildman–Crippen MR) is 40.5 cm³/mol. The highest BCUT2D eigenvalue weighted by molar-refractivity contribution is 4.87. The Bertz CT molecular complexity index is 202. The zero-order valence-electron chi connectivity index (χ0n) is 6.69. The Hall–Kier alpha value is -1.00. The van der Waals surface area contributed by atoms with Gasteiger partial charge in [0.2, 0.25) is 0 Å². The highest BCUT2D eigenvalue weighted by atomic mass is 16.7. The minimum absolute atomic E-state index is 0.608. The summed E-state index contributed by atoms with van der Waals surface area (Å²) in [5.41, 5.74) is 0. The molecule has 1 rings (SSSR count). The molecule has 0 saturated carbocycles. The van der Waals surface area contributed by atoms with Crippen LogP contribution in [0.25, 0.3) is 0 Å². The quantitative estimate of drug-likeness (QED) is 0.592. The molecule has 0 saturated heterocycles. The van der Waals surface area contributed by atoms with Crippen LogP contribution in [0.1, 0.15) is 5.82 Å². The fourth-order valence-electron chi connectivity index (χ4n) is 0.675. The summed E-state index contributed by atoms with van der Waals surface area (Å²) in [5, 5.41) is 1.66. The number of hydrogen-bond acceptors (Lipinski definition) is 4. The second kappa shape index (κ2) is 4.00. The largest absolute Gasteiger partial charge is 0.302 e. The van der Waals surface area contributed by atoms with Crippen LogP contribution in [0.15, 0.2) is 18.5 Å². The molecule has 0 radical (unpaired) electrons. The van der Waals surface area contributed by atoms with E-state index in [-0.39, 0.29) is 0 Å². The van der Waals surface area contributed by atoms with E-state index in [2.05, 4.69) is 9.97 Å². The highest BCUT2D eigenvalue weighted by Gasteiger charge is 1.98. The van der Waals surface area contributed by atoms with E-state index in [9.17, 15) is 0 Å². The molecule has 0 spiro atoms. The van der Waals surface area contributed by atoms with Crippen LogP contribution in [0.3, 0.4) is 0 Å². The summed E-state index contributed by atoms with van der Waals surface area (Å²) < 4.78 is 0. The van der Waals surface area contributed by atoms with Crippen molar-refractivity contribution in [3.05, 3.63) is 24.3 Å². The lowest BCUT2D eigenvalue weighted by atomic mass is 10.5. The molecule has 0 N–H and O–H groups in total. The summed E-state index contributed by atoms with van der Waals surface area (Å²) in [4.78, 5) is 13.0. The normalized spacial score (nSPS) is 10.5. The molecule has 0 amide bonds. The first-order chi connectivity index (χ1) is 5.33. The lowest BCUT2D eigenvalue weighted by Crippen LogP contribution is -2.17. The molecule has 4 heteroatoms. The maximum Gasteiger partial charge on any atom is 0.144 e. The van der Waals surface area contributed by atoms with Crippen molar-refractivity contribution in [2.75, 3.05) is 14.2 Å². The van der Waals surface area contributed by atoms with E-state index in [0.717, 1.165) is 5.82 Å². The minimum Gasteiger partial charge on any atom is -0.302 e. The molecule has 0 atom stereocenters. The van der Waals surface area contributed by atoms with Gasteiger partial charge in [0, 0.05) is 19.4 Å². The zero-order valence-corrected chi connectivity index (χ0v) is 6.69. The summed E-state index contributed by atoms with van der Waals surface area (Å²) in [6.07, 6.45) is 3.43. The van der Waals surface area contributed by atoms with Crippen molar-refractivity contribution < 1.29 is 4.84 Å². The van der Waals surface area contributed by atoms with Crippen molar-refractivity contribution in [1.29, 1.82) is 0 Å². The van der Waals surface area contributed by atoms with Crippen LogP contribution in [0.5, 0.6) is 0 Å². The molecule has 1 aromatic heterocycles. The fourth-order valence-corrected chi connectivity index (χ4v) is 0.675. The van der Waals surface area contributed by atoms with Gasteiger partial charge in [-0.05, 0) is 6.07 Å². The summed E-state index contributed by atoms with van der Waals surface area (Å²) in [7, 11) is 3.44. The van der Waals surface area contributed by atoms with E-state index in [4.69, 9.17) is 4.84 Å². The molecular formula is C7H11N3O. The SMILES string of the molecule is CON(C)Cc1ncccn1. The summed E-state index contributed by atoms with van der Waals surface area (Å²) in [6, 6.07) is 1.79. The van der Waals surface area contributed by atoms with Crippen LogP contribution in [-0.4, -0.2) is 29.2 Å². The molecule has 60 valence electrons. The van der Waals surface area contributed by atoms with Crippen LogP contribution in [0, 0.1) is 0 Å². The van der Waals surface area contributed by atoms with Crippen molar-refractivity contribution in [2.45, 2.75) is 6.54 Å². The van der Waals surface area contributed by atoms with Crippen LogP contribution in [0.2, 0.25) is 0 Å². The molecule has 1 heterocycles. The molecule has 0 aliphatic rings. The molecule has 0 unspecified atom stereocenters. The number of hydrogen-bond donors (Lipinski definition) is 0. The first-order valence-corrected chi connectivity index (χ1v) is 3.34. The fraction of sp³-hybridized carbons (Fsp3) is 0.429. The second-order valence-electron chi connectivity index (χ2n) is 2.13. The Morgan fingerprint density at radius 1 is 1.45 bits per heavy atom. The van der Waals surface area contributed by atoms with Crippen molar-refractivity contribution in [1.82, 2.24) is 15.0 Å². The van der Waals surface area contributed by atoms with Crippen LogP contribution >= 0.6 is 0 Å². The Labute approximate surface area is 65.8 Å². The van der Waals surface area contributed by atoms with Crippen LogP contribution < -0.4 is 0 Å². The molecule has 0 aliphatic heterocycles. The summed E-state index contributed by atoms with van der Waals surface area (Å²) >= 11 is 0. The Balaban J connectivity index is 2.51. The van der Waals surface area contributed by atoms with Crippen LogP contribution in [-0.2, 0) is 11.4 Å². The van der Waals surface area contributed by atoms with Crippen LogP contribution in [0.4, 0.5) is 0 Å². The van der Waals surface area contributed by atoms with E-state index in [1.165, 1.54) is 0 Å². The first kappa shape index (κ1) is 8.10. The van der Waals surface area contributed by atoms with Gasteiger partial charge in [0.05, 0.1) is 13.7 Å². The predicted octanol–water partition coefficient (Wildman–Crippen LogP) is 0.470. The maximum absolute atomic E-state index is 4.91. The van der Waals surface area contributed by atoms with Gasteiger partial charge >= 0.3 is 0 Å². The van der Waals surface area contributed by atoms with Gasteiger partial charge in [-0.3, -0.25) is 0 Å². The van der Waals surface area contributed by atoms with E-state index in [1.54, 1.807) is 30.6 Å². The first-order valence-electron chi connectivity index (χ1n) is 3.34. The van der Waals surface area contributed by atoms with Crippen molar-refractivity contribution >= 4 is 0 Å². The van der Waals surface area contributed by atoms with E-state index in [1.807, 2.05) is 7.05 Å². The van der Waals surface area contributed by atoms with Gasteiger partial charge in [0.25, 0.3) is 0 Å². The third kappa shape index (κ3) is 2.61. The van der Waals surface area contributed by atoms with Gasteiger partial charge in [-0.2, -0.15) is 5.06 Å². The molecule has 0 aromatic carbocycles.